The minimum Gasteiger partial charge on any atom is -0.462 e. The maximum Gasteiger partial charge on any atom is 0.338 e. The molecule has 3 rings (SSSR count). The Kier molecular flexibility index (Phi) is 7.19. The SMILES string of the molecule is CCOC(=O)c1ccc(N2C(=O)CC(N(CC(OC)OC)C(=O)C3C(C)(C)C3(C)C)C2=O)cc1. The number of nitrogens with zero attached hydrogens (tertiary/aromatic N) is 2. The molecule has 1 heterocycles. The number of hydrogen-bond acceptors (Lipinski definition) is 7. The molecule has 1 aromatic carbocycles. The Morgan fingerprint density at radius 1 is 1.06 bits per heavy atom. The van der Waals surface area contributed by atoms with Crippen molar-refractivity contribution in [1.29, 1.82) is 0 Å². The fourth-order valence-electron chi connectivity index (χ4n) is 4.85. The monoisotopic (exact) mass is 474 g/mol. The first-order chi connectivity index (χ1) is 15.9. The average Bonchev–Trinajstić information content (AvgIpc) is 3.02. The number of carbonyl (C=O) groups is 4. The van der Waals surface area contributed by atoms with E-state index in [9.17, 15) is 19.2 Å². The number of amides is 3. The van der Waals surface area contributed by atoms with Gasteiger partial charge in [0.1, 0.15) is 6.04 Å². The Hall–Kier alpha value is -2.78. The number of ether oxygens (including phenoxy) is 3. The summed E-state index contributed by atoms with van der Waals surface area (Å²) in [4.78, 5) is 54.4. The Morgan fingerprint density at radius 3 is 2.09 bits per heavy atom. The first-order valence-corrected chi connectivity index (χ1v) is 11.4. The Morgan fingerprint density at radius 2 is 1.62 bits per heavy atom. The van der Waals surface area contributed by atoms with Crippen LogP contribution in [0.4, 0.5) is 5.69 Å². The third kappa shape index (κ3) is 4.34. The van der Waals surface area contributed by atoms with E-state index in [4.69, 9.17) is 14.2 Å². The standard InChI is InChI=1S/C25H34N2O7/c1-8-34-23(31)15-9-11-16(12-10-15)27-18(28)13-17(21(27)29)26(14-19(32-6)33-7)22(30)20-24(2,3)25(20,4)5/h9-12,17,19-20H,8,13-14H2,1-7H3. The van der Waals surface area contributed by atoms with Gasteiger partial charge in [0.05, 0.1) is 30.8 Å². The van der Waals surface area contributed by atoms with E-state index in [2.05, 4.69) is 0 Å². The number of methoxy groups -OCH3 is 2. The molecule has 0 N–H and O–H groups in total. The van der Waals surface area contributed by atoms with Crippen LogP contribution < -0.4 is 4.90 Å². The number of carbonyl (C=O) groups excluding carboxylic acids is 4. The van der Waals surface area contributed by atoms with E-state index in [1.165, 1.54) is 43.4 Å². The van der Waals surface area contributed by atoms with Crippen LogP contribution in [0.15, 0.2) is 24.3 Å². The molecule has 1 saturated heterocycles. The molecule has 186 valence electrons. The molecule has 1 aliphatic heterocycles. The van der Waals surface area contributed by atoms with Crippen LogP contribution in [0.2, 0.25) is 0 Å². The Bertz CT molecular complexity index is 952. The van der Waals surface area contributed by atoms with Gasteiger partial charge in [0.25, 0.3) is 5.91 Å². The highest BCUT2D eigenvalue weighted by Gasteiger charge is 2.69. The summed E-state index contributed by atoms with van der Waals surface area (Å²) < 4.78 is 15.6. The lowest BCUT2D eigenvalue weighted by molar-refractivity contribution is -0.154. The zero-order valence-corrected chi connectivity index (χ0v) is 20.9. The molecule has 0 bridgehead atoms. The van der Waals surface area contributed by atoms with Crippen molar-refractivity contribution in [3.63, 3.8) is 0 Å². The number of esters is 1. The highest BCUT2D eigenvalue weighted by atomic mass is 16.7. The van der Waals surface area contributed by atoms with Gasteiger partial charge < -0.3 is 19.1 Å². The summed E-state index contributed by atoms with van der Waals surface area (Å²) >= 11 is 0. The van der Waals surface area contributed by atoms with Crippen molar-refractivity contribution in [3.05, 3.63) is 29.8 Å². The van der Waals surface area contributed by atoms with E-state index in [0.717, 1.165) is 4.90 Å². The minimum absolute atomic E-state index is 0.0216. The lowest BCUT2D eigenvalue weighted by atomic mass is 10.0. The van der Waals surface area contributed by atoms with Gasteiger partial charge in [-0.1, -0.05) is 27.7 Å². The maximum absolute atomic E-state index is 13.6. The van der Waals surface area contributed by atoms with Crippen LogP contribution >= 0.6 is 0 Å². The highest BCUT2D eigenvalue weighted by molar-refractivity contribution is 6.23. The molecule has 2 aliphatic rings. The van der Waals surface area contributed by atoms with Crippen molar-refractivity contribution in [1.82, 2.24) is 4.90 Å². The molecule has 1 saturated carbocycles. The van der Waals surface area contributed by atoms with E-state index in [-0.39, 0.29) is 42.2 Å². The largest absolute Gasteiger partial charge is 0.462 e. The van der Waals surface area contributed by atoms with E-state index in [1.807, 2.05) is 27.7 Å². The van der Waals surface area contributed by atoms with Crippen LogP contribution in [0.5, 0.6) is 0 Å². The zero-order chi connectivity index (χ0) is 25.4. The molecule has 1 unspecified atom stereocenters. The molecular formula is C25H34N2O7. The highest BCUT2D eigenvalue weighted by Crippen LogP contribution is 2.69. The number of rotatable bonds is 9. The van der Waals surface area contributed by atoms with E-state index >= 15 is 0 Å². The zero-order valence-electron chi connectivity index (χ0n) is 20.9. The molecule has 0 spiro atoms. The summed E-state index contributed by atoms with van der Waals surface area (Å²) in [6.45, 7) is 10.1. The molecule has 9 heteroatoms. The summed E-state index contributed by atoms with van der Waals surface area (Å²) in [6, 6.07) is 5.09. The fourth-order valence-corrected chi connectivity index (χ4v) is 4.85. The minimum atomic E-state index is -0.968. The molecular weight excluding hydrogens is 440 g/mol. The van der Waals surface area contributed by atoms with Gasteiger partial charge in [-0.05, 0) is 42.0 Å². The van der Waals surface area contributed by atoms with Crippen molar-refractivity contribution >= 4 is 29.4 Å². The third-order valence-corrected chi connectivity index (χ3v) is 7.56. The van der Waals surface area contributed by atoms with Gasteiger partial charge >= 0.3 is 5.97 Å². The Labute approximate surface area is 200 Å². The molecule has 34 heavy (non-hydrogen) atoms. The summed E-state index contributed by atoms with van der Waals surface area (Å²) in [5.41, 5.74) is 0.165. The first kappa shape index (κ1) is 25.8. The van der Waals surface area contributed by atoms with Crippen LogP contribution in [-0.4, -0.2) is 68.3 Å². The van der Waals surface area contributed by atoms with Crippen LogP contribution in [0.1, 0.15) is 51.4 Å². The lowest BCUT2D eigenvalue weighted by Crippen LogP contribution is -2.50. The first-order valence-electron chi connectivity index (χ1n) is 11.4. The Balaban J connectivity index is 1.88. The summed E-state index contributed by atoms with van der Waals surface area (Å²) in [6.07, 6.45) is -0.882. The molecule has 0 radical (unpaired) electrons. The van der Waals surface area contributed by atoms with Gasteiger partial charge in [0, 0.05) is 20.1 Å². The molecule has 0 aromatic heterocycles. The van der Waals surface area contributed by atoms with Crippen LogP contribution in [0, 0.1) is 16.7 Å². The van der Waals surface area contributed by atoms with Gasteiger partial charge in [-0.2, -0.15) is 0 Å². The summed E-state index contributed by atoms with van der Waals surface area (Å²) in [5, 5.41) is 0. The average molecular weight is 475 g/mol. The number of anilines is 1. The molecule has 1 aromatic rings. The van der Waals surface area contributed by atoms with E-state index < -0.39 is 30.1 Å². The number of hydrogen-bond donors (Lipinski definition) is 0. The fraction of sp³-hybridized carbons (Fsp3) is 0.600. The van der Waals surface area contributed by atoms with Gasteiger partial charge in [-0.15, -0.1) is 0 Å². The smallest absolute Gasteiger partial charge is 0.338 e. The summed E-state index contributed by atoms with van der Waals surface area (Å²) in [7, 11) is 2.92. The predicted octanol–water partition coefficient (Wildman–Crippen LogP) is 2.62. The second-order valence-corrected chi connectivity index (χ2v) is 9.82. The van der Waals surface area contributed by atoms with Crippen LogP contribution in [-0.2, 0) is 28.6 Å². The quantitative estimate of drug-likeness (QED) is 0.308. The van der Waals surface area contributed by atoms with Crippen LogP contribution in [0.25, 0.3) is 0 Å². The van der Waals surface area contributed by atoms with E-state index in [1.54, 1.807) is 6.92 Å². The van der Waals surface area contributed by atoms with Crippen LogP contribution in [0.3, 0.4) is 0 Å². The second-order valence-electron chi connectivity index (χ2n) is 9.82. The van der Waals surface area contributed by atoms with E-state index in [0.29, 0.717) is 11.3 Å². The number of imide groups is 1. The third-order valence-electron chi connectivity index (χ3n) is 7.56. The van der Waals surface area contributed by atoms with Crippen molar-refractivity contribution in [3.8, 4) is 0 Å². The van der Waals surface area contributed by atoms with Crippen molar-refractivity contribution in [2.75, 3.05) is 32.3 Å². The summed E-state index contributed by atoms with van der Waals surface area (Å²) in [5.74, 6) is -1.89. The van der Waals surface area contributed by atoms with Crippen molar-refractivity contribution < 1.29 is 33.4 Å². The lowest BCUT2D eigenvalue weighted by Gasteiger charge is -2.31. The second kappa shape index (κ2) is 9.46. The molecule has 3 amide bonds. The van der Waals surface area contributed by atoms with Gasteiger partial charge in [-0.25, -0.2) is 9.69 Å². The van der Waals surface area contributed by atoms with Crippen molar-refractivity contribution in [2.24, 2.45) is 16.7 Å². The molecule has 1 atom stereocenters. The molecule has 2 fully saturated rings. The maximum atomic E-state index is 13.6. The predicted molar refractivity (Wildman–Crippen MR) is 124 cm³/mol. The molecule has 9 nitrogen and oxygen atoms in total. The number of benzene rings is 1. The molecule has 1 aliphatic carbocycles. The normalized spacial score (nSPS) is 21.2. The van der Waals surface area contributed by atoms with Gasteiger partial charge in [-0.3, -0.25) is 14.4 Å². The van der Waals surface area contributed by atoms with Gasteiger partial charge in [0.2, 0.25) is 11.8 Å². The van der Waals surface area contributed by atoms with Gasteiger partial charge in [0.15, 0.2) is 6.29 Å². The van der Waals surface area contributed by atoms with Crippen molar-refractivity contribution in [2.45, 2.75) is 53.4 Å². The topological polar surface area (TPSA) is 102 Å².